The van der Waals surface area contributed by atoms with Crippen LogP contribution in [0.2, 0.25) is 0 Å². The Labute approximate surface area is 173 Å². The van der Waals surface area contributed by atoms with Gasteiger partial charge in [0.05, 0.1) is 12.3 Å². The minimum Gasteiger partial charge on any atom is -0.489 e. The maximum Gasteiger partial charge on any atom is 0.319 e. The summed E-state index contributed by atoms with van der Waals surface area (Å²) < 4.78 is 10.6. The van der Waals surface area contributed by atoms with Crippen LogP contribution in [-0.2, 0) is 17.8 Å². The average Bonchev–Trinajstić information content (AvgIpc) is 2.75. The van der Waals surface area contributed by atoms with Gasteiger partial charge >= 0.3 is 6.03 Å². The van der Waals surface area contributed by atoms with E-state index in [9.17, 15) is 4.79 Å². The largest absolute Gasteiger partial charge is 0.489 e. The van der Waals surface area contributed by atoms with Gasteiger partial charge in [-0.15, -0.1) is 0 Å². The average molecular weight is 398 g/mol. The number of para-hydroxylation sites is 2. The zero-order valence-electron chi connectivity index (χ0n) is 17.2. The van der Waals surface area contributed by atoms with Crippen LogP contribution in [0.15, 0.2) is 48.5 Å². The third kappa shape index (κ3) is 7.07. The van der Waals surface area contributed by atoms with Crippen molar-refractivity contribution in [3.63, 3.8) is 0 Å². The topological polar surface area (TPSA) is 62.8 Å². The maximum atomic E-state index is 12.3. The summed E-state index contributed by atoms with van der Waals surface area (Å²) in [6.45, 7) is 4.80. The first-order valence-corrected chi connectivity index (χ1v) is 10.3. The van der Waals surface area contributed by atoms with Gasteiger partial charge in [-0.3, -0.25) is 4.90 Å². The van der Waals surface area contributed by atoms with E-state index in [0.29, 0.717) is 31.2 Å². The van der Waals surface area contributed by atoms with Crippen molar-refractivity contribution in [1.82, 2.24) is 10.2 Å². The Morgan fingerprint density at radius 2 is 1.69 bits per heavy atom. The molecule has 2 aromatic carbocycles. The van der Waals surface area contributed by atoms with Gasteiger partial charge < -0.3 is 20.1 Å². The molecule has 1 aliphatic heterocycles. The molecule has 0 radical (unpaired) electrons. The fourth-order valence-corrected chi connectivity index (χ4v) is 3.42. The summed E-state index contributed by atoms with van der Waals surface area (Å²) in [4.78, 5) is 14.8. The Morgan fingerprint density at radius 1 is 0.966 bits per heavy atom. The highest BCUT2D eigenvalue weighted by atomic mass is 16.5. The highest BCUT2D eigenvalue weighted by Crippen LogP contribution is 2.23. The fourth-order valence-electron chi connectivity index (χ4n) is 3.42. The van der Waals surface area contributed by atoms with Crippen LogP contribution in [0.25, 0.3) is 0 Å². The van der Waals surface area contributed by atoms with E-state index in [1.54, 1.807) is 7.11 Å². The van der Waals surface area contributed by atoms with E-state index in [1.807, 2.05) is 24.3 Å². The number of rotatable bonds is 9. The predicted octanol–water partition coefficient (Wildman–Crippen LogP) is 4.02. The van der Waals surface area contributed by atoms with Crippen LogP contribution in [0.1, 0.15) is 30.4 Å². The van der Waals surface area contributed by atoms with Crippen molar-refractivity contribution in [3.05, 3.63) is 59.7 Å². The lowest BCUT2D eigenvalue weighted by atomic mass is 10.1. The minimum atomic E-state index is -0.259. The number of nitrogens with zero attached hydrogens (tertiary/aromatic N) is 1. The van der Waals surface area contributed by atoms with Crippen LogP contribution in [-0.4, -0.2) is 44.3 Å². The highest BCUT2D eigenvalue weighted by Gasteiger charge is 2.10. The number of nitrogens with one attached hydrogen (secondary N) is 2. The molecule has 3 rings (SSSR count). The quantitative estimate of drug-likeness (QED) is 0.628. The summed E-state index contributed by atoms with van der Waals surface area (Å²) >= 11 is 0. The smallest absolute Gasteiger partial charge is 0.319 e. The van der Waals surface area contributed by atoms with Gasteiger partial charge in [-0.05, 0) is 49.2 Å². The van der Waals surface area contributed by atoms with Gasteiger partial charge in [-0.2, -0.15) is 0 Å². The van der Waals surface area contributed by atoms with Crippen LogP contribution in [0.5, 0.6) is 5.75 Å². The standard InChI is InChI=1S/C23H31N3O3/c1-28-15-16-29-22-8-4-3-7-21(22)25-23(27)24-17-19-9-11-20(12-10-19)18-26-13-5-2-6-14-26/h3-4,7-12H,2,5-6,13-18H2,1H3,(H2,24,25,27). The Bertz CT molecular complexity index is 758. The number of ether oxygens (including phenoxy) is 2. The van der Waals surface area contributed by atoms with Crippen molar-refractivity contribution in [2.75, 3.05) is 38.7 Å². The Morgan fingerprint density at radius 3 is 2.45 bits per heavy atom. The molecule has 1 heterocycles. The molecule has 0 aromatic heterocycles. The van der Waals surface area contributed by atoms with Gasteiger partial charge in [0.1, 0.15) is 12.4 Å². The molecule has 156 valence electrons. The summed E-state index contributed by atoms with van der Waals surface area (Å²) in [6.07, 6.45) is 3.96. The molecule has 1 saturated heterocycles. The first kappa shape index (κ1) is 21.1. The number of hydrogen-bond acceptors (Lipinski definition) is 4. The summed E-state index contributed by atoms with van der Waals surface area (Å²) in [5.41, 5.74) is 3.03. The molecule has 0 saturated carbocycles. The van der Waals surface area contributed by atoms with Crippen LogP contribution >= 0.6 is 0 Å². The van der Waals surface area contributed by atoms with E-state index in [4.69, 9.17) is 9.47 Å². The lowest BCUT2D eigenvalue weighted by Gasteiger charge is -2.26. The van der Waals surface area contributed by atoms with Crippen molar-refractivity contribution < 1.29 is 14.3 Å². The second-order valence-corrected chi connectivity index (χ2v) is 7.30. The zero-order chi connectivity index (χ0) is 20.3. The second-order valence-electron chi connectivity index (χ2n) is 7.30. The first-order chi connectivity index (χ1) is 14.2. The SMILES string of the molecule is COCCOc1ccccc1NC(=O)NCc1ccc(CN2CCCCC2)cc1. The van der Waals surface area contributed by atoms with Gasteiger partial charge in [0.2, 0.25) is 0 Å². The highest BCUT2D eigenvalue weighted by molar-refractivity contribution is 5.90. The summed E-state index contributed by atoms with van der Waals surface area (Å²) in [5.74, 6) is 0.627. The third-order valence-corrected chi connectivity index (χ3v) is 5.01. The number of likely N-dealkylation sites (tertiary alicyclic amines) is 1. The predicted molar refractivity (Wildman–Crippen MR) is 115 cm³/mol. The number of carbonyl (C=O) groups is 1. The van der Waals surface area contributed by atoms with E-state index in [1.165, 1.54) is 37.9 Å². The molecule has 29 heavy (non-hydrogen) atoms. The van der Waals surface area contributed by atoms with E-state index in [-0.39, 0.29) is 6.03 Å². The van der Waals surface area contributed by atoms with Crippen molar-refractivity contribution >= 4 is 11.7 Å². The molecule has 0 atom stereocenters. The molecular weight excluding hydrogens is 366 g/mol. The molecule has 2 amide bonds. The number of anilines is 1. The second kappa shape index (κ2) is 11.4. The molecule has 6 nitrogen and oxygen atoms in total. The van der Waals surface area contributed by atoms with Gasteiger partial charge in [0.25, 0.3) is 0 Å². The van der Waals surface area contributed by atoms with Crippen molar-refractivity contribution in [3.8, 4) is 5.75 Å². The van der Waals surface area contributed by atoms with Crippen LogP contribution < -0.4 is 15.4 Å². The van der Waals surface area contributed by atoms with Gasteiger partial charge in [0, 0.05) is 20.2 Å². The lowest BCUT2D eigenvalue weighted by Crippen LogP contribution is -2.29. The molecule has 2 aromatic rings. The molecule has 0 spiro atoms. The lowest BCUT2D eigenvalue weighted by molar-refractivity contribution is 0.146. The van der Waals surface area contributed by atoms with Gasteiger partial charge in [-0.1, -0.05) is 42.8 Å². The van der Waals surface area contributed by atoms with Gasteiger partial charge in [0.15, 0.2) is 0 Å². The number of carbonyl (C=O) groups excluding carboxylic acids is 1. The molecule has 0 aliphatic carbocycles. The number of amides is 2. The zero-order valence-corrected chi connectivity index (χ0v) is 17.2. The van der Waals surface area contributed by atoms with Crippen LogP contribution in [0, 0.1) is 0 Å². The van der Waals surface area contributed by atoms with E-state index >= 15 is 0 Å². The van der Waals surface area contributed by atoms with Crippen LogP contribution in [0.3, 0.4) is 0 Å². The Kier molecular flexibility index (Phi) is 8.34. The van der Waals surface area contributed by atoms with Gasteiger partial charge in [-0.25, -0.2) is 4.79 Å². The molecule has 6 heteroatoms. The number of benzene rings is 2. The Hall–Kier alpha value is -2.57. The molecule has 1 fully saturated rings. The minimum absolute atomic E-state index is 0.259. The molecular formula is C23H31N3O3. The summed E-state index contributed by atoms with van der Waals surface area (Å²) in [5, 5.41) is 5.75. The molecule has 1 aliphatic rings. The van der Waals surface area contributed by atoms with Crippen molar-refractivity contribution in [2.45, 2.75) is 32.4 Å². The van der Waals surface area contributed by atoms with Crippen molar-refractivity contribution in [1.29, 1.82) is 0 Å². The molecule has 0 bridgehead atoms. The monoisotopic (exact) mass is 397 g/mol. The van der Waals surface area contributed by atoms with E-state index in [2.05, 4.69) is 39.8 Å². The summed E-state index contributed by atoms with van der Waals surface area (Å²) in [7, 11) is 1.63. The number of urea groups is 1. The Balaban J connectivity index is 1.45. The molecule has 2 N–H and O–H groups in total. The first-order valence-electron chi connectivity index (χ1n) is 10.3. The third-order valence-electron chi connectivity index (χ3n) is 5.01. The number of hydrogen-bond donors (Lipinski definition) is 2. The normalized spacial score (nSPS) is 14.4. The fraction of sp³-hybridized carbons (Fsp3) is 0.435. The maximum absolute atomic E-state index is 12.3. The van der Waals surface area contributed by atoms with Crippen molar-refractivity contribution in [2.24, 2.45) is 0 Å². The number of piperidine rings is 1. The van der Waals surface area contributed by atoms with Crippen LogP contribution in [0.4, 0.5) is 10.5 Å². The van der Waals surface area contributed by atoms with E-state index < -0.39 is 0 Å². The number of methoxy groups -OCH3 is 1. The summed E-state index contributed by atoms with van der Waals surface area (Å²) in [6, 6.07) is 15.6. The molecule has 0 unspecified atom stereocenters. The van der Waals surface area contributed by atoms with E-state index in [0.717, 1.165) is 12.1 Å².